The molecule has 9 heteroatoms. The molecule has 1 heterocycles. The fraction of sp³-hybridized carbons (Fsp3) is 0.158. The average Bonchev–Trinajstić information content (AvgIpc) is 3.21. The number of benzene rings is 2. The molecule has 2 aromatic carbocycles. The molecule has 6 nitrogen and oxygen atoms in total. The molecule has 3 aromatic rings. The maximum atomic E-state index is 13.0. The van der Waals surface area contributed by atoms with Crippen LogP contribution in [-0.4, -0.2) is 35.2 Å². The Kier molecular flexibility index (Phi) is 6.01. The number of hydrogen-bond acceptors (Lipinski definition) is 5. The summed E-state index contributed by atoms with van der Waals surface area (Å²) in [6.07, 6.45) is 0. The van der Waals surface area contributed by atoms with Gasteiger partial charge in [0.25, 0.3) is 0 Å². The SMILES string of the molecule is CN(C)S(=O)(=O)c1cccc(S(=O)(=O)N[C@@H](c2ccccc2)c2cccs2)c1. The first-order valence-corrected chi connectivity index (χ1v) is 12.2. The van der Waals surface area contributed by atoms with Gasteiger partial charge in [-0.2, -0.15) is 4.72 Å². The van der Waals surface area contributed by atoms with Crippen molar-refractivity contribution in [3.8, 4) is 0 Å². The number of rotatable bonds is 7. The third kappa shape index (κ3) is 4.34. The van der Waals surface area contributed by atoms with E-state index in [2.05, 4.69) is 4.72 Å². The van der Waals surface area contributed by atoms with Crippen LogP contribution in [0.4, 0.5) is 0 Å². The molecule has 0 amide bonds. The van der Waals surface area contributed by atoms with Crippen molar-refractivity contribution in [3.63, 3.8) is 0 Å². The Morgan fingerprint density at radius 2 is 1.54 bits per heavy atom. The predicted octanol–water partition coefficient (Wildman–Crippen LogP) is 3.07. The number of nitrogens with zero attached hydrogens (tertiary/aromatic N) is 1. The Morgan fingerprint density at radius 1 is 0.857 bits per heavy atom. The van der Waals surface area contributed by atoms with E-state index in [-0.39, 0.29) is 9.79 Å². The van der Waals surface area contributed by atoms with E-state index < -0.39 is 26.1 Å². The fourth-order valence-corrected chi connectivity index (χ4v) is 5.78. The highest BCUT2D eigenvalue weighted by Crippen LogP contribution is 2.28. The number of thiophene rings is 1. The highest BCUT2D eigenvalue weighted by atomic mass is 32.2. The second-order valence-corrected chi connectivity index (χ2v) is 11.1. The molecule has 0 bridgehead atoms. The predicted molar refractivity (Wildman–Crippen MR) is 110 cm³/mol. The molecule has 28 heavy (non-hydrogen) atoms. The Balaban J connectivity index is 2.01. The van der Waals surface area contributed by atoms with Crippen molar-refractivity contribution >= 4 is 31.4 Å². The molecule has 0 saturated carbocycles. The topological polar surface area (TPSA) is 83.6 Å². The Labute approximate surface area is 169 Å². The minimum absolute atomic E-state index is 0.0761. The molecule has 3 rings (SSSR count). The molecule has 0 fully saturated rings. The molecule has 0 aliphatic carbocycles. The van der Waals surface area contributed by atoms with Crippen LogP contribution in [0, 0.1) is 0 Å². The second kappa shape index (κ2) is 8.14. The fourth-order valence-electron chi connectivity index (χ4n) is 2.63. The summed E-state index contributed by atoms with van der Waals surface area (Å²) in [5, 5.41) is 1.88. The Hall–Kier alpha value is -2.04. The molecule has 0 saturated heterocycles. The molecular weight excluding hydrogens is 416 g/mol. The summed E-state index contributed by atoms with van der Waals surface area (Å²) in [6.45, 7) is 0. The smallest absolute Gasteiger partial charge is 0.207 e. The van der Waals surface area contributed by atoms with Gasteiger partial charge in [-0.1, -0.05) is 42.5 Å². The molecular formula is C19H20N2O4S3. The molecule has 0 radical (unpaired) electrons. The minimum Gasteiger partial charge on any atom is -0.207 e. The molecule has 1 N–H and O–H groups in total. The van der Waals surface area contributed by atoms with Gasteiger partial charge in [0.05, 0.1) is 15.8 Å². The van der Waals surface area contributed by atoms with Crippen LogP contribution in [0.25, 0.3) is 0 Å². The van der Waals surface area contributed by atoms with Gasteiger partial charge in [0.15, 0.2) is 0 Å². The summed E-state index contributed by atoms with van der Waals surface area (Å²) in [6, 6.07) is 17.7. The zero-order valence-corrected chi connectivity index (χ0v) is 17.8. The third-order valence-electron chi connectivity index (χ3n) is 4.13. The first-order chi connectivity index (χ1) is 13.2. The van der Waals surface area contributed by atoms with Crippen LogP contribution in [0.15, 0.2) is 81.9 Å². The van der Waals surface area contributed by atoms with E-state index in [4.69, 9.17) is 0 Å². The van der Waals surface area contributed by atoms with Gasteiger partial charge in [0.1, 0.15) is 0 Å². The van der Waals surface area contributed by atoms with E-state index in [1.54, 1.807) is 0 Å². The van der Waals surface area contributed by atoms with Crippen LogP contribution in [0.1, 0.15) is 16.5 Å². The highest BCUT2D eigenvalue weighted by molar-refractivity contribution is 7.90. The molecule has 0 aliphatic heterocycles. The van der Waals surface area contributed by atoms with Crippen molar-refractivity contribution in [2.45, 2.75) is 15.8 Å². The van der Waals surface area contributed by atoms with E-state index in [9.17, 15) is 16.8 Å². The summed E-state index contributed by atoms with van der Waals surface area (Å²) >= 11 is 1.44. The van der Waals surface area contributed by atoms with Crippen LogP contribution in [-0.2, 0) is 20.0 Å². The van der Waals surface area contributed by atoms with Gasteiger partial charge in [-0.25, -0.2) is 21.1 Å². The van der Waals surface area contributed by atoms with Gasteiger partial charge in [-0.3, -0.25) is 0 Å². The van der Waals surface area contributed by atoms with Gasteiger partial charge in [0, 0.05) is 19.0 Å². The normalized spacial score (nSPS) is 13.5. The lowest BCUT2D eigenvalue weighted by Crippen LogP contribution is -2.29. The lowest BCUT2D eigenvalue weighted by Gasteiger charge is -2.19. The van der Waals surface area contributed by atoms with Crippen molar-refractivity contribution in [1.29, 1.82) is 0 Å². The summed E-state index contributed by atoms with van der Waals surface area (Å²) in [5.41, 5.74) is 0.797. The summed E-state index contributed by atoms with van der Waals surface area (Å²) in [5.74, 6) is 0. The molecule has 1 atom stereocenters. The average molecular weight is 437 g/mol. The summed E-state index contributed by atoms with van der Waals surface area (Å²) < 4.78 is 54.6. The monoisotopic (exact) mass is 436 g/mol. The van der Waals surface area contributed by atoms with Crippen LogP contribution in [0.2, 0.25) is 0 Å². The molecule has 0 unspecified atom stereocenters. The molecule has 0 spiro atoms. The Bertz CT molecular complexity index is 1140. The standard InChI is InChI=1S/C19H20N2O4S3/c1-21(2)28(24,25)17-11-6-10-16(14-17)27(22,23)20-19(18-12-7-13-26-18)15-8-4-3-5-9-15/h3-14,19-20H,1-2H3/t19-/m0/s1. The van der Waals surface area contributed by atoms with Gasteiger partial charge in [0.2, 0.25) is 20.0 Å². The lowest BCUT2D eigenvalue weighted by atomic mass is 10.1. The summed E-state index contributed by atoms with van der Waals surface area (Å²) in [4.78, 5) is 0.660. The highest BCUT2D eigenvalue weighted by Gasteiger charge is 2.25. The second-order valence-electron chi connectivity index (χ2n) is 6.24. The van der Waals surface area contributed by atoms with E-state index >= 15 is 0 Å². The van der Waals surface area contributed by atoms with E-state index in [1.807, 2.05) is 47.8 Å². The quantitative estimate of drug-likeness (QED) is 0.617. The van der Waals surface area contributed by atoms with Crippen LogP contribution in [0.5, 0.6) is 0 Å². The van der Waals surface area contributed by atoms with Crippen molar-refractivity contribution < 1.29 is 16.8 Å². The zero-order valence-electron chi connectivity index (χ0n) is 15.3. The first kappa shape index (κ1) is 20.7. The molecule has 1 aromatic heterocycles. The van der Waals surface area contributed by atoms with E-state index in [0.29, 0.717) is 0 Å². The van der Waals surface area contributed by atoms with Crippen molar-refractivity contribution in [1.82, 2.24) is 9.03 Å². The number of hydrogen-bond donors (Lipinski definition) is 1. The van der Waals surface area contributed by atoms with Crippen molar-refractivity contribution in [2.24, 2.45) is 0 Å². The van der Waals surface area contributed by atoms with E-state index in [0.717, 1.165) is 14.7 Å². The van der Waals surface area contributed by atoms with Gasteiger partial charge in [-0.05, 0) is 35.2 Å². The first-order valence-electron chi connectivity index (χ1n) is 8.35. The van der Waals surface area contributed by atoms with Crippen LogP contribution in [0.3, 0.4) is 0 Å². The summed E-state index contributed by atoms with van der Waals surface area (Å²) in [7, 11) is -4.91. The van der Waals surface area contributed by atoms with Gasteiger partial charge in [-0.15, -0.1) is 11.3 Å². The number of nitrogens with one attached hydrogen (secondary N) is 1. The van der Waals surface area contributed by atoms with Gasteiger partial charge >= 0.3 is 0 Å². The lowest BCUT2D eigenvalue weighted by molar-refractivity contribution is 0.520. The minimum atomic E-state index is -3.97. The van der Waals surface area contributed by atoms with Crippen molar-refractivity contribution in [2.75, 3.05) is 14.1 Å². The molecule has 148 valence electrons. The van der Waals surface area contributed by atoms with E-state index in [1.165, 1.54) is 49.7 Å². The van der Waals surface area contributed by atoms with Gasteiger partial charge < -0.3 is 0 Å². The maximum Gasteiger partial charge on any atom is 0.242 e. The third-order valence-corrected chi connectivity index (χ3v) is 8.30. The maximum absolute atomic E-state index is 13.0. The largest absolute Gasteiger partial charge is 0.242 e. The molecule has 0 aliphatic rings. The van der Waals surface area contributed by atoms with Crippen LogP contribution >= 0.6 is 11.3 Å². The Morgan fingerprint density at radius 3 is 2.14 bits per heavy atom. The van der Waals surface area contributed by atoms with Crippen LogP contribution < -0.4 is 4.72 Å². The van der Waals surface area contributed by atoms with Crippen molar-refractivity contribution in [3.05, 3.63) is 82.6 Å². The number of sulfonamides is 2. The zero-order chi connectivity index (χ0) is 20.4.